The van der Waals surface area contributed by atoms with Crippen molar-refractivity contribution in [1.82, 2.24) is 15.3 Å². The van der Waals surface area contributed by atoms with E-state index in [4.69, 9.17) is 6.42 Å². The third-order valence-corrected chi connectivity index (χ3v) is 3.92. The molecule has 5 nitrogen and oxygen atoms in total. The van der Waals surface area contributed by atoms with E-state index in [2.05, 4.69) is 20.6 Å². The lowest BCUT2D eigenvalue weighted by Crippen LogP contribution is -2.24. The molecule has 0 aliphatic carbocycles. The van der Waals surface area contributed by atoms with Crippen LogP contribution in [0.25, 0.3) is 11.0 Å². The van der Waals surface area contributed by atoms with Crippen molar-refractivity contribution >= 4 is 22.9 Å². The van der Waals surface area contributed by atoms with E-state index in [0.717, 1.165) is 17.6 Å². The lowest BCUT2D eigenvalue weighted by atomic mass is 10.0. The number of fused-ring (bicyclic) bond motifs is 1. The van der Waals surface area contributed by atoms with Crippen LogP contribution in [0.1, 0.15) is 23.6 Å². The van der Waals surface area contributed by atoms with E-state index in [-0.39, 0.29) is 12.0 Å². The summed E-state index contributed by atoms with van der Waals surface area (Å²) in [6.45, 7) is 0. The Balaban J connectivity index is 1.93. The SMILES string of the molecule is C#CNC(=O)CC(Nc1nc2ccccc2[nH]1)c1cccc(C(F)(F)F)c1. The van der Waals surface area contributed by atoms with Crippen molar-refractivity contribution in [2.24, 2.45) is 0 Å². The normalized spacial score (nSPS) is 12.4. The number of para-hydroxylation sites is 2. The summed E-state index contributed by atoms with van der Waals surface area (Å²) in [7, 11) is 0. The number of carbonyl (C=O) groups excluding carboxylic acids is 1. The van der Waals surface area contributed by atoms with Crippen molar-refractivity contribution in [2.45, 2.75) is 18.6 Å². The number of hydrogen-bond acceptors (Lipinski definition) is 3. The van der Waals surface area contributed by atoms with Gasteiger partial charge in [-0.05, 0) is 29.8 Å². The minimum absolute atomic E-state index is 0.164. The lowest BCUT2D eigenvalue weighted by molar-refractivity contribution is -0.137. The van der Waals surface area contributed by atoms with Crippen LogP contribution >= 0.6 is 0 Å². The van der Waals surface area contributed by atoms with E-state index in [0.29, 0.717) is 11.5 Å². The Kier molecular flexibility index (Phi) is 5.03. The monoisotopic (exact) mass is 372 g/mol. The van der Waals surface area contributed by atoms with Gasteiger partial charge in [-0.2, -0.15) is 13.2 Å². The van der Waals surface area contributed by atoms with Gasteiger partial charge in [-0.1, -0.05) is 30.7 Å². The van der Waals surface area contributed by atoms with Gasteiger partial charge in [0, 0.05) is 6.04 Å². The van der Waals surface area contributed by atoms with Gasteiger partial charge in [0.15, 0.2) is 0 Å². The molecule has 0 saturated heterocycles. The molecule has 3 rings (SSSR count). The number of terminal acetylenes is 1. The Morgan fingerprint density at radius 2 is 2.00 bits per heavy atom. The van der Waals surface area contributed by atoms with Crippen LogP contribution in [0.5, 0.6) is 0 Å². The molecule has 0 aliphatic heterocycles. The second kappa shape index (κ2) is 7.41. The minimum Gasteiger partial charge on any atom is -0.348 e. The Morgan fingerprint density at radius 3 is 2.70 bits per heavy atom. The fraction of sp³-hybridized carbons (Fsp3) is 0.158. The van der Waals surface area contributed by atoms with Crippen LogP contribution in [0.4, 0.5) is 19.1 Å². The van der Waals surface area contributed by atoms with Crippen molar-refractivity contribution in [3.05, 3.63) is 59.7 Å². The first-order chi connectivity index (χ1) is 12.9. The number of benzene rings is 2. The van der Waals surface area contributed by atoms with Crippen LogP contribution in [0.2, 0.25) is 0 Å². The molecule has 1 heterocycles. The minimum atomic E-state index is -4.49. The smallest absolute Gasteiger partial charge is 0.348 e. The first kappa shape index (κ1) is 18.3. The second-order valence-corrected chi connectivity index (χ2v) is 5.82. The molecule has 0 radical (unpaired) electrons. The number of amides is 1. The fourth-order valence-corrected chi connectivity index (χ4v) is 2.69. The molecule has 0 fully saturated rings. The number of nitrogens with one attached hydrogen (secondary N) is 3. The average Bonchev–Trinajstić information content (AvgIpc) is 3.03. The van der Waals surface area contributed by atoms with E-state index < -0.39 is 23.7 Å². The largest absolute Gasteiger partial charge is 0.416 e. The van der Waals surface area contributed by atoms with Gasteiger partial charge < -0.3 is 10.3 Å². The first-order valence-corrected chi connectivity index (χ1v) is 7.99. The fourth-order valence-electron chi connectivity index (χ4n) is 2.69. The number of H-pyrrole nitrogens is 1. The standard InChI is InChI=1S/C19H15F3N4O/c1-2-23-17(27)11-16(12-6-5-7-13(10-12)19(20,21)22)26-18-24-14-8-3-4-9-15(14)25-18/h1,3-10,16H,11H2,(H,23,27)(H2,24,25,26). The zero-order valence-electron chi connectivity index (χ0n) is 14.0. The summed E-state index contributed by atoms with van der Waals surface area (Å²) in [5.41, 5.74) is 0.943. The Labute approximate surface area is 153 Å². The number of imidazole rings is 1. The molecule has 3 N–H and O–H groups in total. The number of aromatic amines is 1. The van der Waals surface area contributed by atoms with Crippen molar-refractivity contribution in [2.75, 3.05) is 5.32 Å². The molecule has 138 valence electrons. The summed E-state index contributed by atoms with van der Waals surface area (Å²) >= 11 is 0. The maximum atomic E-state index is 13.0. The summed E-state index contributed by atoms with van der Waals surface area (Å²) in [4.78, 5) is 19.3. The number of hydrogen-bond donors (Lipinski definition) is 3. The summed E-state index contributed by atoms with van der Waals surface area (Å²) in [6.07, 6.45) is 0.410. The molecule has 1 aromatic heterocycles. The zero-order chi connectivity index (χ0) is 19.4. The van der Waals surface area contributed by atoms with Gasteiger partial charge in [0.1, 0.15) is 0 Å². The summed E-state index contributed by atoms with van der Waals surface area (Å²) in [5, 5.41) is 5.19. The van der Waals surface area contributed by atoms with Crippen LogP contribution in [0, 0.1) is 12.5 Å². The number of halogens is 3. The topological polar surface area (TPSA) is 69.8 Å². The number of alkyl halides is 3. The molecule has 0 saturated carbocycles. The molecule has 8 heteroatoms. The Hall–Kier alpha value is -3.47. The zero-order valence-corrected chi connectivity index (χ0v) is 14.0. The maximum absolute atomic E-state index is 13.0. The van der Waals surface area contributed by atoms with Crippen LogP contribution in [0.15, 0.2) is 48.5 Å². The third kappa shape index (κ3) is 4.39. The van der Waals surface area contributed by atoms with Crippen molar-refractivity contribution < 1.29 is 18.0 Å². The van der Waals surface area contributed by atoms with E-state index in [1.807, 2.05) is 24.2 Å². The van der Waals surface area contributed by atoms with Crippen LogP contribution < -0.4 is 10.6 Å². The summed E-state index contributed by atoms with van der Waals surface area (Å²) in [5.74, 6) is -0.157. The first-order valence-electron chi connectivity index (χ1n) is 7.99. The molecular formula is C19H15F3N4O. The summed E-state index contributed by atoms with van der Waals surface area (Å²) in [6, 6.07) is 13.3. The number of rotatable bonds is 5. The predicted molar refractivity (Wildman–Crippen MR) is 95.5 cm³/mol. The molecule has 3 aromatic rings. The highest BCUT2D eigenvalue weighted by Gasteiger charge is 2.31. The molecule has 1 atom stereocenters. The number of carbonyl (C=O) groups is 1. The quantitative estimate of drug-likeness (QED) is 0.471. The van der Waals surface area contributed by atoms with E-state index in [1.54, 1.807) is 6.07 Å². The van der Waals surface area contributed by atoms with Gasteiger partial charge in [0.25, 0.3) is 0 Å². The van der Waals surface area contributed by atoms with E-state index in [1.165, 1.54) is 12.1 Å². The number of aromatic nitrogens is 2. The van der Waals surface area contributed by atoms with Gasteiger partial charge in [0.05, 0.1) is 29.1 Å². The average molecular weight is 372 g/mol. The second-order valence-electron chi connectivity index (χ2n) is 5.82. The molecule has 0 spiro atoms. The molecule has 1 amide bonds. The van der Waals surface area contributed by atoms with Gasteiger partial charge >= 0.3 is 6.18 Å². The summed E-state index contributed by atoms with van der Waals surface area (Å²) < 4.78 is 39.1. The Bertz CT molecular complexity index is 971. The highest BCUT2D eigenvalue weighted by Crippen LogP contribution is 2.32. The van der Waals surface area contributed by atoms with Gasteiger partial charge in [-0.15, -0.1) is 0 Å². The van der Waals surface area contributed by atoms with Gasteiger partial charge in [-0.25, -0.2) is 4.98 Å². The van der Waals surface area contributed by atoms with Crippen molar-refractivity contribution in [3.63, 3.8) is 0 Å². The van der Waals surface area contributed by atoms with Crippen LogP contribution in [-0.2, 0) is 11.0 Å². The molecule has 0 bridgehead atoms. The molecule has 1 unspecified atom stereocenters. The molecule has 27 heavy (non-hydrogen) atoms. The molecule has 0 aliphatic rings. The van der Waals surface area contributed by atoms with Crippen LogP contribution in [-0.4, -0.2) is 15.9 Å². The van der Waals surface area contributed by atoms with Crippen LogP contribution in [0.3, 0.4) is 0 Å². The van der Waals surface area contributed by atoms with Crippen molar-refractivity contribution in [3.8, 4) is 12.5 Å². The van der Waals surface area contributed by atoms with Crippen molar-refractivity contribution in [1.29, 1.82) is 0 Å². The van der Waals surface area contributed by atoms with E-state index >= 15 is 0 Å². The highest BCUT2D eigenvalue weighted by molar-refractivity contribution is 5.80. The van der Waals surface area contributed by atoms with Gasteiger partial charge in [-0.3, -0.25) is 10.1 Å². The lowest BCUT2D eigenvalue weighted by Gasteiger charge is -2.19. The third-order valence-electron chi connectivity index (χ3n) is 3.92. The number of anilines is 1. The maximum Gasteiger partial charge on any atom is 0.416 e. The van der Waals surface area contributed by atoms with Gasteiger partial charge in [0.2, 0.25) is 11.9 Å². The number of nitrogens with zero attached hydrogens (tertiary/aromatic N) is 1. The molecular weight excluding hydrogens is 357 g/mol. The molecule has 2 aromatic carbocycles. The predicted octanol–water partition coefficient (Wildman–Crippen LogP) is 3.83. The highest BCUT2D eigenvalue weighted by atomic mass is 19.4. The van der Waals surface area contributed by atoms with E-state index in [9.17, 15) is 18.0 Å². The Morgan fingerprint density at radius 1 is 1.22 bits per heavy atom.